The van der Waals surface area contributed by atoms with Crippen LogP contribution in [0.15, 0.2) is 41.3 Å². The van der Waals surface area contributed by atoms with Crippen LogP contribution in [0, 0.1) is 5.82 Å². The number of aromatic nitrogens is 4. The first-order valence-corrected chi connectivity index (χ1v) is 8.34. The predicted octanol–water partition coefficient (Wildman–Crippen LogP) is 3.78. The van der Waals surface area contributed by atoms with Crippen LogP contribution in [0.5, 0.6) is 0 Å². The van der Waals surface area contributed by atoms with Crippen molar-refractivity contribution in [1.82, 2.24) is 19.6 Å². The number of ketones is 1. The lowest BCUT2D eigenvalue weighted by molar-refractivity contribution is 0.101. The maximum Gasteiger partial charge on any atom is 0.162 e. The standard InChI is InChI=1S/C17H16BrFN4O/c1-3-22-10-12(9-20-22)6-14-8-17(18)21-23(14)16-5-4-13(19)7-15(16)11(2)24/h4-5,7-10H,3,6H2,1-2H3. The molecule has 0 saturated heterocycles. The zero-order valence-electron chi connectivity index (χ0n) is 13.3. The van der Waals surface area contributed by atoms with Crippen LogP contribution < -0.4 is 0 Å². The number of halogens is 2. The van der Waals surface area contributed by atoms with E-state index in [1.807, 2.05) is 30.1 Å². The van der Waals surface area contributed by atoms with Crippen LogP contribution in [0.2, 0.25) is 0 Å². The molecule has 1 aromatic carbocycles. The van der Waals surface area contributed by atoms with Gasteiger partial charge < -0.3 is 0 Å². The van der Waals surface area contributed by atoms with Crippen molar-refractivity contribution in [1.29, 1.82) is 0 Å². The van der Waals surface area contributed by atoms with Crippen molar-refractivity contribution < 1.29 is 9.18 Å². The Bertz CT molecular complexity index is 900. The lowest BCUT2D eigenvalue weighted by Crippen LogP contribution is -2.09. The highest BCUT2D eigenvalue weighted by Crippen LogP contribution is 2.23. The second-order valence-corrected chi connectivity index (χ2v) is 6.28. The molecule has 0 fully saturated rings. The molecule has 0 atom stereocenters. The molecule has 0 aliphatic heterocycles. The molecule has 0 aliphatic rings. The van der Waals surface area contributed by atoms with E-state index in [-0.39, 0.29) is 5.78 Å². The van der Waals surface area contributed by atoms with E-state index < -0.39 is 5.82 Å². The molecule has 0 spiro atoms. The molecular weight excluding hydrogens is 375 g/mol. The smallest absolute Gasteiger partial charge is 0.162 e. The summed E-state index contributed by atoms with van der Waals surface area (Å²) in [5.74, 6) is -0.651. The summed E-state index contributed by atoms with van der Waals surface area (Å²) < 4.78 is 17.7. The molecule has 2 aromatic heterocycles. The van der Waals surface area contributed by atoms with Crippen molar-refractivity contribution in [2.75, 3.05) is 0 Å². The topological polar surface area (TPSA) is 52.7 Å². The minimum absolute atomic E-state index is 0.208. The fraction of sp³-hybridized carbons (Fsp3) is 0.235. The molecule has 5 nitrogen and oxygen atoms in total. The van der Waals surface area contributed by atoms with Gasteiger partial charge in [0.05, 0.1) is 11.9 Å². The van der Waals surface area contributed by atoms with Crippen LogP contribution >= 0.6 is 15.9 Å². The van der Waals surface area contributed by atoms with E-state index in [0.29, 0.717) is 22.3 Å². The number of aryl methyl sites for hydroxylation is 1. The van der Waals surface area contributed by atoms with Gasteiger partial charge in [0.2, 0.25) is 0 Å². The fourth-order valence-electron chi connectivity index (χ4n) is 2.58. The fourth-order valence-corrected chi connectivity index (χ4v) is 3.00. The Labute approximate surface area is 147 Å². The number of carbonyl (C=O) groups is 1. The van der Waals surface area contributed by atoms with E-state index in [4.69, 9.17) is 0 Å². The third kappa shape index (κ3) is 3.31. The van der Waals surface area contributed by atoms with Gasteiger partial charge in [0, 0.05) is 30.4 Å². The molecule has 24 heavy (non-hydrogen) atoms. The summed E-state index contributed by atoms with van der Waals surface area (Å²) >= 11 is 3.38. The number of rotatable bonds is 5. The molecule has 3 aromatic rings. The molecule has 0 N–H and O–H groups in total. The summed E-state index contributed by atoms with van der Waals surface area (Å²) in [6.07, 6.45) is 4.39. The minimum Gasteiger partial charge on any atom is -0.294 e. The molecule has 2 heterocycles. The normalized spacial score (nSPS) is 11.0. The van der Waals surface area contributed by atoms with E-state index >= 15 is 0 Å². The SMILES string of the molecule is CCn1cc(Cc2cc(Br)nn2-c2ccc(F)cc2C(C)=O)cn1. The summed E-state index contributed by atoms with van der Waals surface area (Å²) in [5, 5.41) is 8.68. The van der Waals surface area contributed by atoms with Crippen LogP contribution in [0.4, 0.5) is 4.39 Å². The molecule has 3 rings (SSSR count). The van der Waals surface area contributed by atoms with E-state index in [0.717, 1.165) is 17.8 Å². The highest BCUT2D eigenvalue weighted by atomic mass is 79.9. The quantitative estimate of drug-likeness (QED) is 0.622. The Kier molecular flexibility index (Phi) is 4.62. The van der Waals surface area contributed by atoms with Crippen molar-refractivity contribution in [2.45, 2.75) is 26.8 Å². The monoisotopic (exact) mass is 390 g/mol. The summed E-state index contributed by atoms with van der Waals surface area (Å²) in [6, 6.07) is 6.03. The highest BCUT2D eigenvalue weighted by Gasteiger charge is 2.16. The van der Waals surface area contributed by atoms with Gasteiger partial charge in [0.25, 0.3) is 0 Å². The molecular formula is C17H16BrFN4O. The minimum atomic E-state index is -0.444. The summed E-state index contributed by atoms with van der Waals surface area (Å²) in [4.78, 5) is 11.9. The second-order valence-electron chi connectivity index (χ2n) is 5.47. The van der Waals surface area contributed by atoms with Gasteiger partial charge in [-0.25, -0.2) is 9.07 Å². The van der Waals surface area contributed by atoms with Crippen LogP contribution in [-0.2, 0) is 13.0 Å². The zero-order valence-corrected chi connectivity index (χ0v) is 14.9. The van der Waals surface area contributed by atoms with E-state index in [2.05, 4.69) is 26.1 Å². The van der Waals surface area contributed by atoms with Crippen molar-refractivity contribution in [3.8, 4) is 5.69 Å². The molecule has 0 amide bonds. The lowest BCUT2D eigenvalue weighted by Gasteiger charge is -2.10. The number of nitrogens with zero attached hydrogens (tertiary/aromatic N) is 4. The molecule has 7 heteroatoms. The second kappa shape index (κ2) is 6.68. The van der Waals surface area contributed by atoms with Gasteiger partial charge in [-0.15, -0.1) is 0 Å². The lowest BCUT2D eigenvalue weighted by atomic mass is 10.1. The predicted molar refractivity (Wildman–Crippen MR) is 91.9 cm³/mol. The number of benzene rings is 1. The van der Waals surface area contributed by atoms with E-state index in [1.165, 1.54) is 19.1 Å². The third-order valence-corrected chi connectivity index (χ3v) is 4.10. The van der Waals surface area contributed by atoms with Crippen LogP contribution in [-0.4, -0.2) is 25.3 Å². The van der Waals surface area contributed by atoms with Gasteiger partial charge in [-0.2, -0.15) is 10.2 Å². The van der Waals surface area contributed by atoms with Gasteiger partial charge in [0.1, 0.15) is 10.4 Å². The van der Waals surface area contributed by atoms with Crippen LogP contribution in [0.25, 0.3) is 5.69 Å². The van der Waals surface area contributed by atoms with E-state index in [1.54, 1.807) is 10.7 Å². The third-order valence-electron chi connectivity index (χ3n) is 3.72. The molecule has 0 aliphatic carbocycles. The largest absolute Gasteiger partial charge is 0.294 e. The molecule has 0 bridgehead atoms. The molecule has 0 unspecified atom stereocenters. The molecule has 0 radical (unpaired) electrons. The Morgan fingerprint density at radius 3 is 2.79 bits per heavy atom. The number of hydrogen-bond acceptors (Lipinski definition) is 3. The highest BCUT2D eigenvalue weighted by molar-refractivity contribution is 9.10. The first kappa shape index (κ1) is 16.6. The Morgan fingerprint density at radius 1 is 1.33 bits per heavy atom. The van der Waals surface area contributed by atoms with Gasteiger partial charge >= 0.3 is 0 Å². The van der Waals surface area contributed by atoms with Crippen molar-refractivity contribution in [3.05, 3.63) is 63.9 Å². The molecule has 124 valence electrons. The van der Waals surface area contributed by atoms with E-state index in [9.17, 15) is 9.18 Å². The first-order valence-electron chi connectivity index (χ1n) is 7.54. The maximum atomic E-state index is 13.5. The number of carbonyl (C=O) groups excluding carboxylic acids is 1. The number of Topliss-reactive ketones (excluding diaryl/α,β-unsaturated/α-hetero) is 1. The van der Waals surface area contributed by atoms with Crippen LogP contribution in [0.1, 0.15) is 35.5 Å². The molecule has 0 saturated carbocycles. The maximum absolute atomic E-state index is 13.5. The Morgan fingerprint density at radius 2 is 2.12 bits per heavy atom. The summed E-state index contributed by atoms with van der Waals surface area (Å²) in [7, 11) is 0. The van der Waals surface area contributed by atoms with Crippen molar-refractivity contribution >= 4 is 21.7 Å². The summed E-state index contributed by atoms with van der Waals surface area (Å²) in [6.45, 7) is 4.24. The zero-order chi connectivity index (χ0) is 17.3. The Hall–Kier alpha value is -2.28. The van der Waals surface area contributed by atoms with Gasteiger partial charge in [0.15, 0.2) is 5.78 Å². The van der Waals surface area contributed by atoms with Crippen molar-refractivity contribution in [2.24, 2.45) is 0 Å². The van der Waals surface area contributed by atoms with Gasteiger partial charge in [-0.05, 0) is 59.6 Å². The van der Waals surface area contributed by atoms with Gasteiger partial charge in [-0.3, -0.25) is 9.48 Å². The first-order chi connectivity index (χ1) is 11.5. The van der Waals surface area contributed by atoms with Crippen molar-refractivity contribution in [3.63, 3.8) is 0 Å². The average molecular weight is 391 g/mol. The average Bonchev–Trinajstić information content (AvgIpc) is 3.14. The number of hydrogen-bond donors (Lipinski definition) is 0. The Balaban J connectivity index is 2.05. The van der Waals surface area contributed by atoms with Gasteiger partial charge in [-0.1, -0.05) is 0 Å². The summed E-state index contributed by atoms with van der Waals surface area (Å²) in [5.41, 5.74) is 2.78. The van der Waals surface area contributed by atoms with Crippen LogP contribution in [0.3, 0.4) is 0 Å².